The van der Waals surface area contributed by atoms with Gasteiger partial charge in [0.1, 0.15) is 6.04 Å². The third kappa shape index (κ3) is 7.92. The van der Waals surface area contributed by atoms with Gasteiger partial charge >= 0.3 is 0 Å². The number of hydroxylamine groups is 2. The van der Waals surface area contributed by atoms with E-state index >= 15 is 0 Å². The Bertz CT molecular complexity index is 556. The maximum absolute atomic E-state index is 12.8. The maximum Gasteiger partial charge on any atom is 0.246 e. The topological polar surface area (TPSA) is 90.0 Å². The Morgan fingerprint density at radius 1 is 1.26 bits per heavy atom. The molecule has 154 valence electrons. The zero-order valence-corrected chi connectivity index (χ0v) is 17.7. The van der Waals surface area contributed by atoms with Crippen LogP contribution in [0.4, 0.5) is 0 Å². The highest BCUT2D eigenvalue weighted by molar-refractivity contribution is 7.81. The van der Waals surface area contributed by atoms with Gasteiger partial charge in [0.15, 0.2) is 0 Å². The maximum atomic E-state index is 12.8. The predicted octanol–water partition coefficient (Wildman–Crippen LogP) is 2.01. The lowest BCUT2D eigenvalue weighted by atomic mass is 9.99. The van der Waals surface area contributed by atoms with Crippen LogP contribution in [0.5, 0.6) is 0 Å². The third-order valence-electron chi connectivity index (χ3n) is 4.18. The van der Waals surface area contributed by atoms with Crippen molar-refractivity contribution in [3.63, 3.8) is 0 Å². The van der Waals surface area contributed by atoms with Gasteiger partial charge < -0.3 is 10.2 Å². The number of amides is 3. The lowest BCUT2D eigenvalue weighted by Gasteiger charge is -2.38. The Hall–Kier alpha value is -1.54. The molecule has 7 nitrogen and oxygen atoms in total. The number of nitrogens with one attached hydrogen (secondary N) is 1. The van der Waals surface area contributed by atoms with Crippen molar-refractivity contribution in [3.05, 3.63) is 12.7 Å². The molecule has 0 spiro atoms. The van der Waals surface area contributed by atoms with Gasteiger partial charge in [0.2, 0.25) is 17.7 Å². The van der Waals surface area contributed by atoms with Crippen LogP contribution in [0.1, 0.15) is 53.4 Å². The van der Waals surface area contributed by atoms with Gasteiger partial charge in [-0.25, -0.2) is 5.06 Å². The summed E-state index contributed by atoms with van der Waals surface area (Å²) >= 11 is 4.53. The summed E-state index contributed by atoms with van der Waals surface area (Å²) in [5.41, 5.74) is 0. The van der Waals surface area contributed by atoms with Crippen molar-refractivity contribution in [2.24, 2.45) is 5.92 Å². The molecule has 0 aliphatic heterocycles. The normalized spacial score (nSPS) is 15.2. The summed E-state index contributed by atoms with van der Waals surface area (Å²) in [6.45, 7) is 11.4. The molecule has 3 amide bonds. The SMILES string of the molecule is C=CCN(C(=O)CCC(=O)N(O)CC(C)C)[C@@H](C(=O)NC1CC1)C(C)(C)S. The van der Waals surface area contributed by atoms with Crippen LogP contribution >= 0.6 is 12.6 Å². The molecule has 27 heavy (non-hydrogen) atoms. The highest BCUT2D eigenvalue weighted by Crippen LogP contribution is 2.26. The van der Waals surface area contributed by atoms with Crippen LogP contribution in [-0.2, 0) is 14.4 Å². The van der Waals surface area contributed by atoms with Crippen LogP contribution < -0.4 is 5.32 Å². The van der Waals surface area contributed by atoms with E-state index in [4.69, 9.17) is 0 Å². The first-order valence-corrected chi connectivity index (χ1v) is 9.84. The zero-order valence-electron chi connectivity index (χ0n) is 16.8. The molecule has 0 aromatic heterocycles. The largest absolute Gasteiger partial charge is 0.352 e. The average molecular weight is 400 g/mol. The quantitative estimate of drug-likeness (QED) is 0.215. The van der Waals surface area contributed by atoms with E-state index in [0.717, 1.165) is 12.8 Å². The van der Waals surface area contributed by atoms with E-state index in [1.54, 1.807) is 19.9 Å². The first kappa shape index (κ1) is 23.5. The van der Waals surface area contributed by atoms with Crippen LogP contribution in [0.25, 0.3) is 0 Å². The number of thiol groups is 1. The van der Waals surface area contributed by atoms with Gasteiger partial charge in [0.05, 0.1) is 6.54 Å². The number of carbonyl (C=O) groups is 3. The first-order chi connectivity index (χ1) is 12.5. The fraction of sp³-hybridized carbons (Fsp3) is 0.737. The Kier molecular flexibility index (Phi) is 8.81. The molecular weight excluding hydrogens is 366 g/mol. The van der Waals surface area contributed by atoms with E-state index in [2.05, 4.69) is 24.5 Å². The highest BCUT2D eigenvalue weighted by atomic mass is 32.1. The summed E-state index contributed by atoms with van der Waals surface area (Å²) in [5, 5.41) is 13.3. The van der Waals surface area contributed by atoms with E-state index in [1.807, 2.05) is 13.8 Å². The molecule has 0 unspecified atom stereocenters. The van der Waals surface area contributed by atoms with E-state index in [9.17, 15) is 19.6 Å². The van der Waals surface area contributed by atoms with E-state index < -0.39 is 16.7 Å². The van der Waals surface area contributed by atoms with Crippen molar-refractivity contribution in [3.8, 4) is 0 Å². The Labute approximate surface area is 167 Å². The van der Waals surface area contributed by atoms with Gasteiger partial charge in [-0.2, -0.15) is 12.6 Å². The molecule has 1 fully saturated rings. The second kappa shape index (κ2) is 10.1. The van der Waals surface area contributed by atoms with Gasteiger partial charge in [-0.1, -0.05) is 19.9 Å². The molecule has 2 N–H and O–H groups in total. The molecular formula is C19H33N3O4S. The Morgan fingerprint density at radius 3 is 2.26 bits per heavy atom. The van der Waals surface area contributed by atoms with Crippen molar-refractivity contribution >= 4 is 30.4 Å². The standard InChI is InChI=1S/C19H33N3O4S/c1-6-11-21(15(23)9-10-16(24)22(26)12-13(2)3)17(19(4,5)27)18(25)20-14-7-8-14/h6,13-14,17,26-27H,1,7-12H2,2-5H3,(H,20,25)/t17-/m0/s1. The summed E-state index contributed by atoms with van der Waals surface area (Å²) < 4.78 is -0.775. The molecule has 0 bridgehead atoms. The molecule has 0 aromatic rings. The van der Waals surface area contributed by atoms with E-state index in [1.165, 1.54) is 4.90 Å². The molecule has 1 aliphatic rings. The number of rotatable bonds is 11. The predicted molar refractivity (Wildman–Crippen MR) is 107 cm³/mol. The summed E-state index contributed by atoms with van der Waals surface area (Å²) in [7, 11) is 0. The van der Waals surface area contributed by atoms with Crippen molar-refractivity contribution in [1.29, 1.82) is 0 Å². The molecule has 0 heterocycles. The van der Waals surface area contributed by atoms with Crippen LogP contribution in [0, 0.1) is 5.92 Å². The zero-order chi connectivity index (χ0) is 20.8. The van der Waals surface area contributed by atoms with Crippen molar-refractivity contribution in [2.45, 2.75) is 70.2 Å². The van der Waals surface area contributed by atoms with Crippen LogP contribution in [0.3, 0.4) is 0 Å². The Morgan fingerprint density at radius 2 is 1.81 bits per heavy atom. The average Bonchev–Trinajstić information content (AvgIpc) is 3.33. The number of nitrogens with zero attached hydrogens (tertiary/aromatic N) is 2. The lowest BCUT2D eigenvalue weighted by molar-refractivity contribution is -0.168. The van der Waals surface area contributed by atoms with Gasteiger partial charge in [-0.05, 0) is 32.6 Å². The summed E-state index contributed by atoms with van der Waals surface area (Å²) in [4.78, 5) is 38.9. The van der Waals surface area contributed by atoms with Gasteiger partial charge in [-0.3, -0.25) is 19.6 Å². The molecule has 0 aromatic carbocycles. The number of carbonyl (C=O) groups excluding carboxylic acids is 3. The second-order valence-electron chi connectivity index (χ2n) is 8.04. The number of hydrogen-bond acceptors (Lipinski definition) is 5. The van der Waals surface area contributed by atoms with Crippen LogP contribution in [-0.4, -0.2) is 62.8 Å². The first-order valence-electron chi connectivity index (χ1n) is 9.39. The van der Waals surface area contributed by atoms with Crippen molar-refractivity contribution in [1.82, 2.24) is 15.3 Å². The number of hydrogen-bond donors (Lipinski definition) is 3. The van der Waals surface area contributed by atoms with Crippen molar-refractivity contribution in [2.75, 3.05) is 13.1 Å². The summed E-state index contributed by atoms with van der Waals surface area (Å²) in [5.74, 6) is -0.992. The highest BCUT2D eigenvalue weighted by Gasteiger charge is 2.41. The van der Waals surface area contributed by atoms with E-state index in [0.29, 0.717) is 5.06 Å². The van der Waals surface area contributed by atoms with Gasteiger partial charge in [-0.15, -0.1) is 6.58 Å². The van der Waals surface area contributed by atoms with E-state index in [-0.39, 0.29) is 49.7 Å². The molecule has 1 rings (SSSR count). The van der Waals surface area contributed by atoms with Crippen LogP contribution in [0.2, 0.25) is 0 Å². The van der Waals surface area contributed by atoms with Crippen molar-refractivity contribution < 1.29 is 19.6 Å². The molecule has 8 heteroatoms. The monoisotopic (exact) mass is 399 g/mol. The minimum atomic E-state index is -0.789. The third-order valence-corrected chi connectivity index (χ3v) is 4.42. The fourth-order valence-electron chi connectivity index (χ4n) is 2.78. The minimum absolute atomic E-state index is 0.0983. The fourth-order valence-corrected chi connectivity index (χ4v) is 3.03. The molecule has 1 saturated carbocycles. The smallest absolute Gasteiger partial charge is 0.246 e. The lowest BCUT2D eigenvalue weighted by Crippen LogP contribution is -2.58. The molecule has 1 atom stereocenters. The minimum Gasteiger partial charge on any atom is -0.352 e. The van der Waals surface area contributed by atoms with Crippen LogP contribution in [0.15, 0.2) is 12.7 Å². The summed E-state index contributed by atoms with van der Waals surface area (Å²) in [6.07, 6.45) is 3.21. The Balaban J connectivity index is 2.82. The second-order valence-corrected chi connectivity index (χ2v) is 9.20. The molecule has 0 saturated heterocycles. The molecule has 0 radical (unpaired) electrons. The molecule has 1 aliphatic carbocycles. The summed E-state index contributed by atoms with van der Waals surface area (Å²) in [6, 6.07) is -0.625. The van der Waals surface area contributed by atoms with Gasteiger partial charge in [0, 0.05) is 30.2 Å². The van der Waals surface area contributed by atoms with Gasteiger partial charge in [0.25, 0.3) is 0 Å².